The first kappa shape index (κ1) is 14.0. The Labute approximate surface area is 109 Å². The van der Waals surface area contributed by atoms with Gasteiger partial charge in [0.25, 0.3) is 0 Å². The molecule has 1 saturated heterocycles. The molecule has 2 rings (SSSR count). The van der Waals surface area contributed by atoms with Crippen LogP contribution >= 0.6 is 0 Å². The van der Waals surface area contributed by atoms with E-state index in [1.165, 1.54) is 13.0 Å². The lowest BCUT2D eigenvalue weighted by Gasteiger charge is -2.31. The Morgan fingerprint density at radius 1 is 1.37 bits per heavy atom. The van der Waals surface area contributed by atoms with Crippen LogP contribution in [0.15, 0.2) is 6.07 Å². The molecule has 0 bridgehead atoms. The highest BCUT2D eigenvalue weighted by atomic mass is 19.4. The standard InChI is InChI=1S/C12H17F3N4/c1-7-6-10(19-11(17-7)12(13,14)15)18-9-4-3-5-16-8(9)2/h6,8-9,16H,3-5H2,1-2H3,(H,17,18,19)/t8-,9+/m0/s1. The van der Waals surface area contributed by atoms with E-state index in [0.29, 0.717) is 5.69 Å². The van der Waals surface area contributed by atoms with Crippen LogP contribution in [0.2, 0.25) is 0 Å². The lowest BCUT2D eigenvalue weighted by Crippen LogP contribution is -2.46. The van der Waals surface area contributed by atoms with Crippen molar-refractivity contribution in [2.45, 2.75) is 44.9 Å². The molecule has 2 N–H and O–H groups in total. The van der Waals surface area contributed by atoms with Crippen LogP contribution in [0.4, 0.5) is 19.0 Å². The molecular formula is C12H17F3N4. The highest BCUT2D eigenvalue weighted by Gasteiger charge is 2.35. The summed E-state index contributed by atoms with van der Waals surface area (Å²) in [5, 5.41) is 6.35. The Kier molecular flexibility index (Phi) is 3.93. The molecule has 0 aliphatic carbocycles. The number of halogens is 3. The quantitative estimate of drug-likeness (QED) is 0.869. The summed E-state index contributed by atoms with van der Waals surface area (Å²) in [6.07, 6.45) is -2.60. The maximum Gasteiger partial charge on any atom is 0.451 e. The van der Waals surface area contributed by atoms with E-state index in [0.717, 1.165) is 19.4 Å². The van der Waals surface area contributed by atoms with Crippen molar-refractivity contribution in [2.24, 2.45) is 0 Å². The smallest absolute Gasteiger partial charge is 0.366 e. The molecule has 2 heterocycles. The van der Waals surface area contributed by atoms with Gasteiger partial charge in [-0.3, -0.25) is 0 Å². The van der Waals surface area contributed by atoms with Crippen LogP contribution in [-0.2, 0) is 6.18 Å². The molecule has 2 atom stereocenters. The van der Waals surface area contributed by atoms with Gasteiger partial charge in [-0.2, -0.15) is 13.2 Å². The normalized spacial score (nSPS) is 24.3. The van der Waals surface area contributed by atoms with E-state index in [1.807, 2.05) is 6.92 Å². The van der Waals surface area contributed by atoms with Crippen molar-refractivity contribution in [3.63, 3.8) is 0 Å². The van der Waals surface area contributed by atoms with Gasteiger partial charge in [0.05, 0.1) is 0 Å². The van der Waals surface area contributed by atoms with E-state index in [9.17, 15) is 13.2 Å². The summed E-state index contributed by atoms with van der Waals surface area (Å²) >= 11 is 0. The van der Waals surface area contributed by atoms with Crippen LogP contribution in [0.5, 0.6) is 0 Å². The third-order valence-electron chi connectivity index (χ3n) is 3.20. The first-order valence-corrected chi connectivity index (χ1v) is 6.29. The zero-order valence-corrected chi connectivity index (χ0v) is 10.9. The summed E-state index contributed by atoms with van der Waals surface area (Å²) in [5.41, 5.74) is 0.307. The fourth-order valence-electron chi connectivity index (χ4n) is 2.20. The van der Waals surface area contributed by atoms with Gasteiger partial charge in [-0.05, 0) is 33.2 Å². The number of aryl methyl sites for hydroxylation is 1. The average molecular weight is 274 g/mol. The molecule has 0 radical (unpaired) electrons. The molecule has 7 heteroatoms. The zero-order chi connectivity index (χ0) is 14.0. The predicted molar refractivity (Wildman–Crippen MR) is 65.9 cm³/mol. The van der Waals surface area contributed by atoms with Gasteiger partial charge in [0.1, 0.15) is 5.82 Å². The first-order valence-electron chi connectivity index (χ1n) is 6.29. The predicted octanol–water partition coefficient (Wildman–Crippen LogP) is 2.36. The molecule has 1 fully saturated rings. The molecule has 19 heavy (non-hydrogen) atoms. The molecule has 1 aliphatic rings. The number of nitrogens with one attached hydrogen (secondary N) is 2. The number of aromatic nitrogens is 2. The van der Waals surface area contributed by atoms with E-state index >= 15 is 0 Å². The minimum atomic E-state index is -4.51. The fourth-order valence-corrected chi connectivity index (χ4v) is 2.20. The van der Waals surface area contributed by atoms with Crippen molar-refractivity contribution in [1.29, 1.82) is 0 Å². The number of nitrogens with zero attached hydrogens (tertiary/aromatic N) is 2. The van der Waals surface area contributed by atoms with Crippen molar-refractivity contribution in [3.05, 3.63) is 17.6 Å². The number of rotatable bonds is 2. The summed E-state index contributed by atoms with van der Waals surface area (Å²) in [6, 6.07) is 1.83. The van der Waals surface area contributed by atoms with Crippen molar-refractivity contribution in [3.8, 4) is 0 Å². The van der Waals surface area contributed by atoms with E-state index in [-0.39, 0.29) is 17.9 Å². The summed E-state index contributed by atoms with van der Waals surface area (Å²) in [7, 11) is 0. The number of anilines is 1. The maximum absolute atomic E-state index is 12.6. The molecule has 1 aliphatic heterocycles. The Bertz CT molecular complexity index is 447. The van der Waals surface area contributed by atoms with Gasteiger partial charge in [0.15, 0.2) is 0 Å². The number of hydrogen-bond acceptors (Lipinski definition) is 4. The average Bonchev–Trinajstić information content (AvgIpc) is 2.30. The third-order valence-corrected chi connectivity index (χ3v) is 3.20. The minimum absolute atomic E-state index is 0.0872. The second kappa shape index (κ2) is 5.32. The lowest BCUT2D eigenvalue weighted by atomic mass is 10.00. The fraction of sp³-hybridized carbons (Fsp3) is 0.667. The molecule has 0 amide bonds. The highest BCUT2D eigenvalue weighted by Crippen LogP contribution is 2.27. The third kappa shape index (κ3) is 3.56. The van der Waals surface area contributed by atoms with E-state index < -0.39 is 12.0 Å². The highest BCUT2D eigenvalue weighted by molar-refractivity contribution is 5.38. The number of piperidine rings is 1. The minimum Gasteiger partial charge on any atom is -0.366 e. The Morgan fingerprint density at radius 3 is 2.74 bits per heavy atom. The summed E-state index contributed by atoms with van der Waals surface area (Å²) in [4.78, 5) is 6.98. The van der Waals surface area contributed by atoms with Crippen LogP contribution in [0.1, 0.15) is 31.3 Å². The van der Waals surface area contributed by atoms with Crippen LogP contribution in [0, 0.1) is 6.92 Å². The Hall–Kier alpha value is -1.37. The lowest BCUT2D eigenvalue weighted by molar-refractivity contribution is -0.145. The van der Waals surface area contributed by atoms with Gasteiger partial charge in [-0.25, -0.2) is 9.97 Å². The SMILES string of the molecule is Cc1cc(N[C@@H]2CCCN[C@H]2C)nc(C(F)(F)F)n1. The van der Waals surface area contributed by atoms with E-state index in [4.69, 9.17) is 0 Å². The van der Waals surface area contributed by atoms with Crippen LogP contribution in [-0.4, -0.2) is 28.6 Å². The second-order valence-corrected chi connectivity index (χ2v) is 4.85. The van der Waals surface area contributed by atoms with Crippen molar-refractivity contribution in [2.75, 3.05) is 11.9 Å². The molecule has 106 valence electrons. The molecule has 4 nitrogen and oxygen atoms in total. The van der Waals surface area contributed by atoms with Gasteiger partial charge in [0, 0.05) is 23.8 Å². The monoisotopic (exact) mass is 274 g/mol. The first-order chi connectivity index (χ1) is 8.86. The second-order valence-electron chi connectivity index (χ2n) is 4.85. The van der Waals surface area contributed by atoms with Gasteiger partial charge < -0.3 is 10.6 Å². The Morgan fingerprint density at radius 2 is 2.11 bits per heavy atom. The van der Waals surface area contributed by atoms with Crippen LogP contribution in [0.25, 0.3) is 0 Å². The van der Waals surface area contributed by atoms with E-state index in [1.54, 1.807) is 0 Å². The maximum atomic E-state index is 12.6. The van der Waals surface area contributed by atoms with Crippen molar-refractivity contribution >= 4 is 5.82 Å². The van der Waals surface area contributed by atoms with Crippen LogP contribution < -0.4 is 10.6 Å². The zero-order valence-electron chi connectivity index (χ0n) is 10.9. The van der Waals surface area contributed by atoms with Gasteiger partial charge in [0.2, 0.25) is 5.82 Å². The van der Waals surface area contributed by atoms with Gasteiger partial charge in [-0.1, -0.05) is 0 Å². The summed E-state index contributed by atoms with van der Waals surface area (Å²) < 4.78 is 37.9. The molecule has 0 aromatic carbocycles. The topological polar surface area (TPSA) is 49.8 Å². The molecule has 0 spiro atoms. The molecular weight excluding hydrogens is 257 g/mol. The molecule has 1 aromatic heterocycles. The number of alkyl halides is 3. The van der Waals surface area contributed by atoms with Crippen molar-refractivity contribution in [1.82, 2.24) is 15.3 Å². The molecule has 0 unspecified atom stereocenters. The van der Waals surface area contributed by atoms with Crippen LogP contribution in [0.3, 0.4) is 0 Å². The van der Waals surface area contributed by atoms with Gasteiger partial charge >= 0.3 is 6.18 Å². The Balaban J connectivity index is 2.18. The van der Waals surface area contributed by atoms with Crippen molar-refractivity contribution < 1.29 is 13.2 Å². The molecule has 0 saturated carbocycles. The van der Waals surface area contributed by atoms with E-state index in [2.05, 4.69) is 20.6 Å². The summed E-state index contributed by atoms with van der Waals surface area (Å²) in [5.74, 6) is -0.855. The largest absolute Gasteiger partial charge is 0.451 e. The van der Waals surface area contributed by atoms with Gasteiger partial charge in [-0.15, -0.1) is 0 Å². The number of hydrogen-bond donors (Lipinski definition) is 2. The summed E-state index contributed by atoms with van der Waals surface area (Å²) in [6.45, 7) is 4.48. The molecule has 1 aromatic rings.